The summed E-state index contributed by atoms with van der Waals surface area (Å²) in [6.07, 6.45) is 0.446. The van der Waals surface area contributed by atoms with E-state index >= 15 is 0 Å². The van der Waals surface area contributed by atoms with Crippen LogP contribution in [-0.4, -0.2) is 47.5 Å². The van der Waals surface area contributed by atoms with Crippen molar-refractivity contribution >= 4 is 5.78 Å². The Morgan fingerprint density at radius 2 is 2.09 bits per heavy atom. The normalized spacial score (nSPS) is 27.8. The minimum absolute atomic E-state index is 0.105. The number of benzene rings is 1. The van der Waals surface area contributed by atoms with Crippen LogP contribution in [0, 0.1) is 5.92 Å². The summed E-state index contributed by atoms with van der Waals surface area (Å²) in [5, 5.41) is 19.0. The Balaban J connectivity index is 1.75. The van der Waals surface area contributed by atoms with Crippen molar-refractivity contribution in [2.75, 3.05) is 13.2 Å². The highest BCUT2D eigenvalue weighted by atomic mass is 16.5. The zero-order valence-electron chi connectivity index (χ0n) is 13.6. The summed E-state index contributed by atoms with van der Waals surface area (Å²) in [6, 6.07) is 9.95. The van der Waals surface area contributed by atoms with Gasteiger partial charge < -0.3 is 19.7 Å². The maximum atomic E-state index is 11.4. The second kappa shape index (κ2) is 9.13. The monoisotopic (exact) mass is 322 g/mol. The van der Waals surface area contributed by atoms with E-state index in [1.54, 1.807) is 0 Å². The number of carbonyl (C=O) groups excluding carboxylic acids is 1. The highest BCUT2D eigenvalue weighted by Gasteiger charge is 2.35. The van der Waals surface area contributed by atoms with Crippen molar-refractivity contribution in [3.8, 4) is 0 Å². The fraction of sp³-hybridized carbons (Fsp3) is 0.611. The van der Waals surface area contributed by atoms with Gasteiger partial charge in [-0.25, -0.2) is 0 Å². The average molecular weight is 322 g/mol. The van der Waals surface area contributed by atoms with Crippen LogP contribution >= 0.6 is 0 Å². The number of carbonyl (C=O) groups is 1. The molecule has 5 heteroatoms. The van der Waals surface area contributed by atoms with Crippen molar-refractivity contribution < 1.29 is 24.5 Å². The maximum absolute atomic E-state index is 11.4. The lowest BCUT2D eigenvalue weighted by atomic mass is 9.87. The molecule has 128 valence electrons. The fourth-order valence-corrected chi connectivity index (χ4v) is 2.85. The van der Waals surface area contributed by atoms with Gasteiger partial charge in [0.1, 0.15) is 6.61 Å². The van der Waals surface area contributed by atoms with Gasteiger partial charge in [-0.3, -0.25) is 4.79 Å². The fourth-order valence-electron chi connectivity index (χ4n) is 2.85. The van der Waals surface area contributed by atoms with E-state index < -0.39 is 12.7 Å². The molecule has 0 spiro atoms. The first kappa shape index (κ1) is 18.1. The molecule has 23 heavy (non-hydrogen) atoms. The van der Waals surface area contributed by atoms with E-state index in [0.29, 0.717) is 26.1 Å². The highest BCUT2D eigenvalue weighted by molar-refractivity contribution is 5.79. The van der Waals surface area contributed by atoms with Crippen molar-refractivity contribution in [3.63, 3.8) is 0 Å². The summed E-state index contributed by atoms with van der Waals surface area (Å²) in [6.45, 7) is 2.50. The van der Waals surface area contributed by atoms with Gasteiger partial charge in [-0.2, -0.15) is 0 Å². The van der Waals surface area contributed by atoms with Gasteiger partial charge in [-0.05, 0) is 18.4 Å². The van der Waals surface area contributed by atoms with E-state index in [0.717, 1.165) is 5.56 Å². The standard InChI is InChI=1S/C18H26O5/c1-13-17(21)10-16(23-18(13)9-15(20)11-19)7-8-22-12-14-5-3-2-4-6-14/h2-6,13,16-19,21H,7-12H2,1H3/t13-,16-,17+,18+/m1/s1. The Morgan fingerprint density at radius 1 is 1.35 bits per heavy atom. The highest BCUT2D eigenvalue weighted by Crippen LogP contribution is 2.29. The van der Waals surface area contributed by atoms with Gasteiger partial charge in [0, 0.05) is 18.9 Å². The Bertz CT molecular complexity index is 476. The molecule has 0 unspecified atom stereocenters. The van der Waals surface area contributed by atoms with Crippen LogP contribution in [0.5, 0.6) is 0 Å². The molecule has 0 aromatic heterocycles. The van der Waals surface area contributed by atoms with E-state index in [2.05, 4.69) is 0 Å². The van der Waals surface area contributed by atoms with Gasteiger partial charge >= 0.3 is 0 Å². The number of aliphatic hydroxyl groups excluding tert-OH is 2. The summed E-state index contributed by atoms with van der Waals surface area (Å²) in [5.41, 5.74) is 1.12. The maximum Gasteiger partial charge on any atom is 0.160 e. The van der Waals surface area contributed by atoms with Crippen molar-refractivity contribution in [3.05, 3.63) is 35.9 Å². The zero-order valence-corrected chi connectivity index (χ0v) is 13.6. The molecule has 2 rings (SSSR count). The van der Waals surface area contributed by atoms with Gasteiger partial charge in [0.2, 0.25) is 0 Å². The first-order valence-electron chi connectivity index (χ1n) is 8.18. The molecule has 5 nitrogen and oxygen atoms in total. The number of Topliss-reactive ketones (excluding diaryl/α,β-unsaturated/α-hetero) is 1. The molecule has 0 saturated carbocycles. The van der Waals surface area contributed by atoms with Crippen molar-refractivity contribution in [1.29, 1.82) is 0 Å². The third kappa shape index (κ3) is 5.70. The van der Waals surface area contributed by atoms with E-state index in [4.69, 9.17) is 14.6 Å². The molecule has 1 heterocycles. The number of ether oxygens (including phenoxy) is 2. The zero-order chi connectivity index (χ0) is 16.7. The predicted octanol–water partition coefficient (Wildman–Crippen LogP) is 1.70. The molecule has 0 amide bonds. The molecular weight excluding hydrogens is 296 g/mol. The van der Waals surface area contributed by atoms with E-state index in [9.17, 15) is 9.90 Å². The molecular formula is C18H26O5. The molecule has 0 radical (unpaired) electrons. The first-order chi connectivity index (χ1) is 11.1. The number of hydrogen-bond donors (Lipinski definition) is 2. The molecule has 1 aliphatic heterocycles. The van der Waals surface area contributed by atoms with E-state index in [-0.39, 0.29) is 30.3 Å². The molecule has 1 aromatic rings. The van der Waals surface area contributed by atoms with Gasteiger partial charge in [-0.15, -0.1) is 0 Å². The lowest BCUT2D eigenvalue weighted by molar-refractivity contribution is -0.149. The third-order valence-corrected chi connectivity index (χ3v) is 4.37. The smallest absolute Gasteiger partial charge is 0.160 e. The second-order valence-corrected chi connectivity index (χ2v) is 6.19. The molecule has 1 aromatic carbocycles. The average Bonchev–Trinajstić information content (AvgIpc) is 2.56. The largest absolute Gasteiger partial charge is 0.393 e. The molecule has 0 aliphatic carbocycles. The van der Waals surface area contributed by atoms with Crippen LogP contribution in [0.3, 0.4) is 0 Å². The SMILES string of the molecule is C[C@H]1[C@H](CC(=O)CO)O[C@H](CCOCc2ccccc2)C[C@@H]1O. The van der Waals surface area contributed by atoms with Crippen molar-refractivity contribution in [2.45, 2.75) is 51.1 Å². The summed E-state index contributed by atoms with van der Waals surface area (Å²) in [5.74, 6) is -0.359. The number of aliphatic hydroxyl groups is 2. The Morgan fingerprint density at radius 3 is 2.78 bits per heavy atom. The second-order valence-electron chi connectivity index (χ2n) is 6.19. The number of hydrogen-bond acceptors (Lipinski definition) is 5. The van der Waals surface area contributed by atoms with Gasteiger partial charge in [0.05, 0.1) is 24.9 Å². The molecule has 0 bridgehead atoms. The number of rotatable bonds is 8. The quantitative estimate of drug-likeness (QED) is 0.713. The number of ketones is 1. The van der Waals surface area contributed by atoms with Crippen LogP contribution in [-0.2, 0) is 20.9 Å². The summed E-state index contributed by atoms with van der Waals surface area (Å²) < 4.78 is 11.6. The van der Waals surface area contributed by atoms with Gasteiger partial charge in [0.15, 0.2) is 5.78 Å². The van der Waals surface area contributed by atoms with Crippen LogP contribution < -0.4 is 0 Å². The van der Waals surface area contributed by atoms with Crippen molar-refractivity contribution in [2.24, 2.45) is 5.92 Å². The van der Waals surface area contributed by atoms with E-state index in [1.807, 2.05) is 37.3 Å². The lowest BCUT2D eigenvalue weighted by Gasteiger charge is -2.38. The van der Waals surface area contributed by atoms with Crippen LogP contribution in [0.4, 0.5) is 0 Å². The van der Waals surface area contributed by atoms with E-state index in [1.165, 1.54) is 0 Å². The molecule has 1 fully saturated rings. The van der Waals surface area contributed by atoms with Crippen LogP contribution in [0.25, 0.3) is 0 Å². The Hall–Kier alpha value is -1.27. The summed E-state index contributed by atoms with van der Waals surface area (Å²) >= 11 is 0. The van der Waals surface area contributed by atoms with Gasteiger partial charge in [0.25, 0.3) is 0 Å². The van der Waals surface area contributed by atoms with Gasteiger partial charge in [-0.1, -0.05) is 37.3 Å². The molecule has 1 aliphatic rings. The first-order valence-corrected chi connectivity index (χ1v) is 8.18. The summed E-state index contributed by atoms with van der Waals surface area (Å²) in [4.78, 5) is 11.4. The van der Waals surface area contributed by atoms with Crippen LogP contribution in [0.1, 0.15) is 31.7 Å². The molecule has 2 N–H and O–H groups in total. The lowest BCUT2D eigenvalue weighted by Crippen LogP contribution is -2.44. The molecule has 4 atom stereocenters. The minimum atomic E-state index is -0.487. The topological polar surface area (TPSA) is 76.0 Å². The third-order valence-electron chi connectivity index (χ3n) is 4.37. The molecule has 1 saturated heterocycles. The Labute approximate surface area is 137 Å². The van der Waals surface area contributed by atoms with Crippen LogP contribution in [0.2, 0.25) is 0 Å². The van der Waals surface area contributed by atoms with Crippen molar-refractivity contribution in [1.82, 2.24) is 0 Å². The minimum Gasteiger partial charge on any atom is -0.393 e. The predicted molar refractivity (Wildman–Crippen MR) is 85.9 cm³/mol. The Kier molecular flexibility index (Phi) is 7.17. The summed E-state index contributed by atoms with van der Waals surface area (Å²) in [7, 11) is 0. The van der Waals surface area contributed by atoms with Crippen LogP contribution in [0.15, 0.2) is 30.3 Å².